The van der Waals surface area contributed by atoms with Crippen LogP contribution < -0.4 is 0 Å². The van der Waals surface area contributed by atoms with Crippen molar-refractivity contribution in [1.82, 2.24) is 0 Å². The zero-order chi connectivity index (χ0) is 7.82. The minimum Gasteiger partial charge on any atom is -0.355 e. The highest BCUT2D eigenvalue weighted by Gasteiger charge is 1.91. The maximum atomic E-state index is 5.11. The van der Waals surface area contributed by atoms with Crippen molar-refractivity contribution in [3.63, 3.8) is 0 Å². The van der Waals surface area contributed by atoms with Gasteiger partial charge in [-0.15, -0.1) is 12.6 Å². The molecule has 0 saturated heterocycles. The number of thiol groups is 1. The van der Waals surface area contributed by atoms with Gasteiger partial charge in [0.15, 0.2) is 0 Å². The fourth-order valence-electron chi connectivity index (χ4n) is 0.452. The van der Waals surface area contributed by atoms with Crippen LogP contribution in [0.3, 0.4) is 0 Å². The zero-order valence-electron chi connectivity index (χ0n) is 6.67. The van der Waals surface area contributed by atoms with E-state index >= 15 is 0 Å². The Kier molecular flexibility index (Phi) is 7.58. The Balaban J connectivity index is 2.77. The summed E-state index contributed by atoms with van der Waals surface area (Å²) in [6.45, 7) is 5.15. The molecule has 2 nitrogen and oxygen atoms in total. The summed E-state index contributed by atoms with van der Waals surface area (Å²) in [4.78, 5) is 0. The molecule has 0 N–H and O–H groups in total. The van der Waals surface area contributed by atoms with E-state index in [1.54, 1.807) is 0 Å². The number of ether oxygens (including phenoxy) is 2. The molecule has 0 aliphatic rings. The standard InChI is InChI=1S/C7H16O2S/c1-3-4-5-8-6-9-7(2)10/h7,10H,3-6H2,1-2H3. The number of hydrogen-bond acceptors (Lipinski definition) is 3. The van der Waals surface area contributed by atoms with E-state index in [0.717, 1.165) is 19.4 Å². The smallest absolute Gasteiger partial charge is 0.148 e. The van der Waals surface area contributed by atoms with Gasteiger partial charge in [-0.1, -0.05) is 13.3 Å². The predicted molar refractivity (Wildman–Crippen MR) is 45.3 cm³/mol. The molecule has 0 spiro atoms. The molecule has 0 rings (SSSR count). The van der Waals surface area contributed by atoms with Crippen LogP contribution in [0.4, 0.5) is 0 Å². The van der Waals surface area contributed by atoms with Crippen molar-refractivity contribution in [2.45, 2.75) is 32.1 Å². The minimum absolute atomic E-state index is 0.0263. The summed E-state index contributed by atoms with van der Waals surface area (Å²) in [5.41, 5.74) is -0.0263. The highest BCUT2D eigenvalue weighted by Crippen LogP contribution is 1.95. The molecular formula is C7H16O2S. The van der Waals surface area contributed by atoms with Gasteiger partial charge in [0.1, 0.15) is 6.79 Å². The molecule has 0 aliphatic carbocycles. The van der Waals surface area contributed by atoms with Gasteiger partial charge in [0.05, 0.1) is 5.44 Å². The van der Waals surface area contributed by atoms with Gasteiger partial charge in [-0.05, 0) is 13.3 Å². The van der Waals surface area contributed by atoms with Crippen LogP contribution in [0.15, 0.2) is 0 Å². The van der Waals surface area contributed by atoms with Crippen molar-refractivity contribution in [3.05, 3.63) is 0 Å². The molecule has 0 heterocycles. The molecule has 1 atom stereocenters. The maximum Gasteiger partial charge on any atom is 0.148 e. The fraction of sp³-hybridized carbons (Fsp3) is 1.00. The van der Waals surface area contributed by atoms with Gasteiger partial charge in [-0.25, -0.2) is 0 Å². The van der Waals surface area contributed by atoms with Gasteiger partial charge in [-0.2, -0.15) is 0 Å². The number of rotatable bonds is 6. The lowest BCUT2D eigenvalue weighted by Gasteiger charge is -2.06. The molecule has 0 bridgehead atoms. The predicted octanol–water partition coefficient (Wildman–Crippen LogP) is 2.05. The lowest BCUT2D eigenvalue weighted by molar-refractivity contribution is -0.0592. The van der Waals surface area contributed by atoms with Crippen molar-refractivity contribution in [1.29, 1.82) is 0 Å². The highest BCUT2D eigenvalue weighted by molar-refractivity contribution is 7.80. The van der Waals surface area contributed by atoms with E-state index in [1.165, 1.54) is 0 Å². The Morgan fingerprint density at radius 2 is 2.20 bits per heavy atom. The first-order chi connectivity index (χ1) is 4.77. The third-order valence-electron chi connectivity index (χ3n) is 1.03. The van der Waals surface area contributed by atoms with Gasteiger partial charge in [-0.3, -0.25) is 0 Å². The minimum atomic E-state index is -0.0263. The summed E-state index contributed by atoms with van der Waals surface area (Å²) >= 11 is 4.02. The van der Waals surface area contributed by atoms with Gasteiger partial charge >= 0.3 is 0 Å². The molecule has 0 aliphatic heterocycles. The molecule has 62 valence electrons. The van der Waals surface area contributed by atoms with Crippen LogP contribution >= 0.6 is 12.6 Å². The van der Waals surface area contributed by atoms with E-state index in [0.29, 0.717) is 6.79 Å². The summed E-state index contributed by atoms with van der Waals surface area (Å²) in [5, 5.41) is 0. The fourth-order valence-corrected chi connectivity index (χ4v) is 0.513. The second-order valence-corrected chi connectivity index (χ2v) is 2.87. The number of hydrogen-bond donors (Lipinski definition) is 1. The quantitative estimate of drug-likeness (QED) is 0.368. The second-order valence-electron chi connectivity index (χ2n) is 2.15. The van der Waals surface area contributed by atoms with Crippen LogP contribution in [0.1, 0.15) is 26.7 Å². The summed E-state index contributed by atoms with van der Waals surface area (Å²) in [6.07, 6.45) is 2.26. The van der Waals surface area contributed by atoms with Crippen molar-refractivity contribution in [2.24, 2.45) is 0 Å². The molecule has 0 aromatic carbocycles. The van der Waals surface area contributed by atoms with Gasteiger partial charge in [0, 0.05) is 6.61 Å². The second kappa shape index (κ2) is 7.38. The lowest BCUT2D eigenvalue weighted by Crippen LogP contribution is -2.05. The van der Waals surface area contributed by atoms with E-state index in [1.807, 2.05) is 6.92 Å². The van der Waals surface area contributed by atoms with Gasteiger partial charge in [0.2, 0.25) is 0 Å². The first kappa shape index (κ1) is 10.3. The zero-order valence-corrected chi connectivity index (χ0v) is 7.56. The van der Waals surface area contributed by atoms with E-state index in [9.17, 15) is 0 Å². The molecule has 0 fully saturated rings. The molecule has 0 amide bonds. The lowest BCUT2D eigenvalue weighted by atomic mass is 10.4. The van der Waals surface area contributed by atoms with Crippen molar-refractivity contribution >= 4 is 12.6 Å². The average molecular weight is 164 g/mol. The highest BCUT2D eigenvalue weighted by atomic mass is 32.1. The number of unbranched alkanes of at least 4 members (excludes halogenated alkanes) is 1. The summed E-state index contributed by atoms with van der Waals surface area (Å²) in [7, 11) is 0. The maximum absolute atomic E-state index is 5.11. The third-order valence-corrected chi connectivity index (χ3v) is 1.18. The average Bonchev–Trinajstić information content (AvgIpc) is 1.87. The molecule has 10 heavy (non-hydrogen) atoms. The van der Waals surface area contributed by atoms with Crippen LogP contribution in [-0.4, -0.2) is 18.8 Å². The Bertz CT molecular complexity index is 66.6. The summed E-state index contributed by atoms with van der Waals surface area (Å²) in [6, 6.07) is 0. The van der Waals surface area contributed by atoms with E-state index in [-0.39, 0.29) is 5.44 Å². The molecule has 3 heteroatoms. The Morgan fingerprint density at radius 1 is 1.50 bits per heavy atom. The van der Waals surface area contributed by atoms with Gasteiger partial charge < -0.3 is 9.47 Å². The normalized spacial score (nSPS) is 13.5. The van der Waals surface area contributed by atoms with Crippen molar-refractivity contribution in [3.8, 4) is 0 Å². The Labute approximate surface area is 68.3 Å². The van der Waals surface area contributed by atoms with E-state index < -0.39 is 0 Å². The summed E-state index contributed by atoms with van der Waals surface area (Å²) < 4.78 is 10.1. The first-order valence-electron chi connectivity index (χ1n) is 3.64. The van der Waals surface area contributed by atoms with Crippen LogP contribution in [0.5, 0.6) is 0 Å². The molecular weight excluding hydrogens is 148 g/mol. The van der Waals surface area contributed by atoms with Gasteiger partial charge in [0.25, 0.3) is 0 Å². The SMILES string of the molecule is CCCCOCOC(C)S. The van der Waals surface area contributed by atoms with E-state index in [4.69, 9.17) is 9.47 Å². The molecule has 1 unspecified atom stereocenters. The molecule has 0 aromatic rings. The first-order valence-corrected chi connectivity index (χ1v) is 4.16. The Hall–Kier alpha value is 0.270. The van der Waals surface area contributed by atoms with Crippen LogP contribution in [0.25, 0.3) is 0 Å². The monoisotopic (exact) mass is 164 g/mol. The third kappa shape index (κ3) is 8.27. The topological polar surface area (TPSA) is 18.5 Å². The molecule has 0 saturated carbocycles. The molecule has 0 aromatic heterocycles. The van der Waals surface area contributed by atoms with E-state index in [2.05, 4.69) is 19.6 Å². The van der Waals surface area contributed by atoms with Crippen LogP contribution in [-0.2, 0) is 9.47 Å². The van der Waals surface area contributed by atoms with Crippen molar-refractivity contribution < 1.29 is 9.47 Å². The Morgan fingerprint density at radius 3 is 2.70 bits per heavy atom. The largest absolute Gasteiger partial charge is 0.355 e. The van der Waals surface area contributed by atoms with Crippen molar-refractivity contribution in [2.75, 3.05) is 13.4 Å². The molecule has 0 radical (unpaired) electrons. The summed E-state index contributed by atoms with van der Waals surface area (Å²) in [5.74, 6) is 0. The van der Waals surface area contributed by atoms with Crippen LogP contribution in [0, 0.1) is 0 Å². The van der Waals surface area contributed by atoms with Crippen LogP contribution in [0.2, 0.25) is 0 Å².